The number of carbonyl (C=O) groups is 3. The first-order chi connectivity index (χ1) is 9.31. The molecule has 0 aliphatic rings. The van der Waals surface area contributed by atoms with Crippen LogP contribution in [0.5, 0.6) is 0 Å². The molecule has 0 radical (unpaired) electrons. The smallest absolute Gasteiger partial charge is 0.258 e. The number of nitrogens with one attached hydrogen (secondary N) is 2. The number of rotatable bonds is 5. The van der Waals surface area contributed by atoms with Crippen molar-refractivity contribution in [2.24, 2.45) is 7.05 Å². The van der Waals surface area contributed by atoms with E-state index in [1.54, 1.807) is 7.05 Å². The maximum absolute atomic E-state index is 11.9. The Labute approximate surface area is 115 Å². The SMILES string of the molecule is C[C@H](NC(=O)[C@H](C)NC(=O)c1ccn[n+](C)c1)C(=O)[O-]. The van der Waals surface area contributed by atoms with Crippen LogP contribution in [0.15, 0.2) is 18.5 Å². The summed E-state index contributed by atoms with van der Waals surface area (Å²) in [5.41, 5.74) is 0.343. The first kappa shape index (κ1) is 15.5. The van der Waals surface area contributed by atoms with Gasteiger partial charge in [-0.1, -0.05) is 4.68 Å². The largest absolute Gasteiger partial charge is 0.548 e. The number of aromatic nitrogens is 2. The van der Waals surface area contributed by atoms with E-state index in [0.717, 1.165) is 0 Å². The second-order valence-electron chi connectivity index (χ2n) is 4.33. The molecule has 0 aliphatic carbocycles. The van der Waals surface area contributed by atoms with Crippen molar-refractivity contribution in [2.75, 3.05) is 0 Å². The van der Waals surface area contributed by atoms with Gasteiger partial charge in [0.05, 0.1) is 18.2 Å². The van der Waals surface area contributed by atoms with Crippen LogP contribution in [0, 0.1) is 0 Å². The van der Waals surface area contributed by atoms with E-state index in [1.165, 1.54) is 37.0 Å². The van der Waals surface area contributed by atoms with Crippen molar-refractivity contribution in [2.45, 2.75) is 25.9 Å². The van der Waals surface area contributed by atoms with E-state index in [2.05, 4.69) is 15.7 Å². The molecule has 0 fully saturated rings. The van der Waals surface area contributed by atoms with Gasteiger partial charge in [0.2, 0.25) is 12.1 Å². The van der Waals surface area contributed by atoms with E-state index in [1.807, 2.05) is 0 Å². The van der Waals surface area contributed by atoms with E-state index >= 15 is 0 Å². The molecule has 0 aromatic carbocycles. The highest BCUT2D eigenvalue weighted by Crippen LogP contribution is 1.95. The topological polar surface area (TPSA) is 115 Å². The molecule has 1 aromatic heterocycles. The van der Waals surface area contributed by atoms with Gasteiger partial charge >= 0.3 is 0 Å². The van der Waals surface area contributed by atoms with Crippen LogP contribution < -0.4 is 20.4 Å². The second kappa shape index (κ2) is 6.60. The highest BCUT2D eigenvalue weighted by atomic mass is 16.4. The molecule has 0 saturated heterocycles. The van der Waals surface area contributed by atoms with Crippen LogP contribution in [0.3, 0.4) is 0 Å². The Bertz CT molecular complexity index is 532. The van der Waals surface area contributed by atoms with Crippen LogP contribution in [0.2, 0.25) is 0 Å². The number of hydrogen-bond donors (Lipinski definition) is 2. The maximum atomic E-state index is 11.9. The summed E-state index contributed by atoms with van der Waals surface area (Å²) in [6, 6.07) is -0.493. The molecule has 0 saturated carbocycles. The number of carboxylic acids is 1. The van der Waals surface area contributed by atoms with Gasteiger partial charge < -0.3 is 20.5 Å². The molecule has 2 atom stereocenters. The van der Waals surface area contributed by atoms with Gasteiger partial charge in [0.25, 0.3) is 5.91 Å². The first-order valence-electron chi connectivity index (χ1n) is 5.95. The summed E-state index contributed by atoms with van der Waals surface area (Å²) >= 11 is 0. The second-order valence-corrected chi connectivity index (χ2v) is 4.33. The van der Waals surface area contributed by atoms with E-state index in [0.29, 0.717) is 5.56 Å². The minimum Gasteiger partial charge on any atom is -0.548 e. The monoisotopic (exact) mass is 280 g/mol. The predicted octanol–water partition coefficient (Wildman–Crippen LogP) is -2.72. The zero-order chi connectivity index (χ0) is 15.3. The molecular weight excluding hydrogens is 264 g/mol. The van der Waals surface area contributed by atoms with Crippen LogP contribution in [0.25, 0.3) is 0 Å². The van der Waals surface area contributed by atoms with Gasteiger partial charge in [-0.25, -0.2) is 0 Å². The van der Waals surface area contributed by atoms with Gasteiger partial charge in [-0.2, -0.15) is 0 Å². The van der Waals surface area contributed by atoms with Crippen molar-refractivity contribution < 1.29 is 24.2 Å². The lowest BCUT2D eigenvalue weighted by atomic mass is 10.2. The lowest BCUT2D eigenvalue weighted by Crippen LogP contribution is -2.52. The summed E-state index contributed by atoms with van der Waals surface area (Å²) in [4.78, 5) is 34.0. The van der Waals surface area contributed by atoms with Gasteiger partial charge in [-0.3, -0.25) is 9.59 Å². The minimum atomic E-state index is -1.39. The summed E-state index contributed by atoms with van der Waals surface area (Å²) < 4.78 is 1.46. The molecule has 20 heavy (non-hydrogen) atoms. The van der Waals surface area contributed by atoms with Crippen molar-refractivity contribution in [1.82, 2.24) is 15.7 Å². The summed E-state index contributed by atoms with van der Waals surface area (Å²) in [6.45, 7) is 2.74. The Hall–Kier alpha value is -2.51. The fourth-order valence-electron chi connectivity index (χ4n) is 1.37. The van der Waals surface area contributed by atoms with Crippen molar-refractivity contribution in [1.29, 1.82) is 0 Å². The normalized spacial score (nSPS) is 13.2. The fraction of sp³-hybridized carbons (Fsp3) is 0.417. The molecule has 1 heterocycles. The summed E-state index contributed by atoms with van der Waals surface area (Å²) in [5.74, 6) is -2.45. The molecule has 8 heteroatoms. The Morgan fingerprint density at radius 2 is 1.90 bits per heavy atom. The predicted molar refractivity (Wildman–Crippen MR) is 65.0 cm³/mol. The Balaban J connectivity index is 2.61. The lowest BCUT2D eigenvalue weighted by Gasteiger charge is -2.18. The standard InChI is InChI=1S/C12H16N4O4/c1-7(10(17)15-8(2)12(19)20)14-11(18)9-4-5-13-16(3)6-9/h4-8H,1-3H3,(H2-,14,15,17,18,19,20)/t7-,8-/m0/s1. The van der Waals surface area contributed by atoms with Crippen molar-refractivity contribution in [3.63, 3.8) is 0 Å². The molecule has 2 N–H and O–H groups in total. The molecular formula is C12H16N4O4. The van der Waals surface area contributed by atoms with Crippen LogP contribution in [0.4, 0.5) is 0 Å². The molecule has 0 bridgehead atoms. The number of carbonyl (C=O) groups excluding carboxylic acids is 3. The first-order valence-corrected chi connectivity index (χ1v) is 5.95. The highest BCUT2D eigenvalue weighted by Gasteiger charge is 2.19. The molecule has 0 spiro atoms. The van der Waals surface area contributed by atoms with Gasteiger partial charge in [-0.05, 0) is 25.0 Å². The summed E-state index contributed by atoms with van der Waals surface area (Å²) in [6.07, 6.45) is 2.96. The summed E-state index contributed by atoms with van der Waals surface area (Å²) in [7, 11) is 1.66. The molecule has 1 rings (SSSR count). The van der Waals surface area contributed by atoms with Gasteiger partial charge in [-0.15, -0.1) is 0 Å². The molecule has 1 aromatic rings. The molecule has 8 nitrogen and oxygen atoms in total. The third kappa shape index (κ3) is 4.30. The number of amides is 2. The number of aryl methyl sites for hydroxylation is 1. The zero-order valence-corrected chi connectivity index (χ0v) is 11.4. The minimum absolute atomic E-state index is 0.343. The van der Waals surface area contributed by atoms with E-state index < -0.39 is 29.9 Å². The van der Waals surface area contributed by atoms with Crippen LogP contribution in [-0.4, -0.2) is 35.0 Å². The van der Waals surface area contributed by atoms with Crippen LogP contribution in [-0.2, 0) is 16.6 Å². The number of aliphatic carboxylic acids is 1. The average Bonchev–Trinajstić information content (AvgIpc) is 2.38. The van der Waals surface area contributed by atoms with Crippen LogP contribution in [0.1, 0.15) is 24.2 Å². The average molecular weight is 280 g/mol. The Kier molecular flexibility index (Phi) is 5.13. The summed E-state index contributed by atoms with van der Waals surface area (Å²) in [5, 5.41) is 19.1. The highest BCUT2D eigenvalue weighted by molar-refractivity contribution is 5.97. The quantitative estimate of drug-likeness (QED) is 0.569. The Morgan fingerprint density at radius 1 is 1.25 bits per heavy atom. The van der Waals surface area contributed by atoms with E-state index in [-0.39, 0.29) is 0 Å². The van der Waals surface area contributed by atoms with Crippen LogP contribution >= 0.6 is 0 Å². The lowest BCUT2D eigenvalue weighted by molar-refractivity contribution is -0.731. The molecule has 108 valence electrons. The van der Waals surface area contributed by atoms with Crippen molar-refractivity contribution in [3.05, 3.63) is 24.0 Å². The molecule has 2 amide bonds. The molecule has 0 unspecified atom stereocenters. The van der Waals surface area contributed by atoms with Gasteiger partial charge in [0, 0.05) is 0 Å². The van der Waals surface area contributed by atoms with E-state index in [4.69, 9.17) is 0 Å². The van der Waals surface area contributed by atoms with Crippen molar-refractivity contribution in [3.8, 4) is 0 Å². The van der Waals surface area contributed by atoms with Crippen molar-refractivity contribution >= 4 is 17.8 Å². The van der Waals surface area contributed by atoms with E-state index in [9.17, 15) is 19.5 Å². The van der Waals surface area contributed by atoms with Gasteiger partial charge in [0.15, 0.2) is 7.05 Å². The fourth-order valence-corrected chi connectivity index (χ4v) is 1.37. The third-order valence-electron chi connectivity index (χ3n) is 2.54. The number of nitrogens with zero attached hydrogens (tertiary/aromatic N) is 2. The molecule has 0 aliphatic heterocycles. The Morgan fingerprint density at radius 3 is 2.45 bits per heavy atom. The van der Waals surface area contributed by atoms with Gasteiger partial charge in [0.1, 0.15) is 11.6 Å². The zero-order valence-electron chi connectivity index (χ0n) is 11.4. The third-order valence-corrected chi connectivity index (χ3v) is 2.54. The number of carboxylic acid groups (broad SMARTS) is 1. The maximum Gasteiger partial charge on any atom is 0.258 e. The number of hydrogen-bond acceptors (Lipinski definition) is 5.